The Morgan fingerprint density at radius 1 is 0.957 bits per heavy atom. The molecule has 0 radical (unpaired) electrons. The molecule has 1 aromatic heterocycles. The molecule has 0 unspecified atom stereocenters. The van der Waals surface area contributed by atoms with E-state index in [-0.39, 0.29) is 13.2 Å². The minimum absolute atomic E-state index is 0.253. The van der Waals surface area contributed by atoms with Crippen LogP contribution in [0.5, 0.6) is 0 Å². The van der Waals surface area contributed by atoms with Gasteiger partial charge in [0, 0.05) is 10.1 Å². The standard InChI is InChI=1S/C18H16O4S/c1-3-21-17(19)15-14-12-8-6-5-7-11(12)9-10-13(14)23-16(15)18(20)22-4-2/h5-10H,3-4H2,1-2H3. The van der Waals surface area contributed by atoms with Gasteiger partial charge in [-0.05, 0) is 30.7 Å². The van der Waals surface area contributed by atoms with Gasteiger partial charge in [0.05, 0.1) is 18.8 Å². The molecule has 0 N–H and O–H groups in total. The first-order chi connectivity index (χ1) is 11.2. The number of rotatable bonds is 4. The Kier molecular flexibility index (Phi) is 4.30. The predicted molar refractivity (Wildman–Crippen MR) is 91.2 cm³/mol. The summed E-state index contributed by atoms with van der Waals surface area (Å²) < 4.78 is 11.1. The molecule has 0 atom stereocenters. The fourth-order valence-corrected chi connectivity index (χ4v) is 3.71. The number of ether oxygens (including phenoxy) is 2. The summed E-state index contributed by atoms with van der Waals surface area (Å²) in [6, 6.07) is 11.7. The number of carbonyl (C=O) groups is 2. The van der Waals surface area contributed by atoms with Crippen molar-refractivity contribution in [3.05, 3.63) is 46.8 Å². The SMILES string of the molecule is CCOC(=O)c1sc2ccc3ccccc3c2c1C(=O)OCC. The second-order valence-electron chi connectivity index (χ2n) is 4.91. The average molecular weight is 328 g/mol. The van der Waals surface area contributed by atoms with Crippen molar-refractivity contribution in [1.29, 1.82) is 0 Å². The molecular weight excluding hydrogens is 312 g/mol. The van der Waals surface area contributed by atoms with E-state index in [0.29, 0.717) is 10.4 Å². The van der Waals surface area contributed by atoms with Crippen molar-refractivity contribution in [2.75, 3.05) is 13.2 Å². The zero-order valence-corrected chi connectivity index (χ0v) is 13.7. The minimum Gasteiger partial charge on any atom is -0.462 e. The molecular formula is C18H16O4S. The van der Waals surface area contributed by atoms with Crippen molar-refractivity contribution in [3.63, 3.8) is 0 Å². The molecule has 5 heteroatoms. The van der Waals surface area contributed by atoms with Gasteiger partial charge < -0.3 is 9.47 Å². The van der Waals surface area contributed by atoms with Crippen LogP contribution in [0.1, 0.15) is 33.9 Å². The summed E-state index contributed by atoms with van der Waals surface area (Å²) in [6.07, 6.45) is 0. The van der Waals surface area contributed by atoms with E-state index in [1.54, 1.807) is 13.8 Å². The van der Waals surface area contributed by atoms with Crippen molar-refractivity contribution in [2.45, 2.75) is 13.8 Å². The third-order valence-corrected chi connectivity index (χ3v) is 4.66. The van der Waals surface area contributed by atoms with Gasteiger partial charge in [-0.3, -0.25) is 0 Å². The minimum atomic E-state index is -0.488. The van der Waals surface area contributed by atoms with Gasteiger partial charge in [-0.25, -0.2) is 9.59 Å². The zero-order valence-electron chi connectivity index (χ0n) is 12.9. The van der Waals surface area contributed by atoms with Gasteiger partial charge in [-0.1, -0.05) is 30.3 Å². The van der Waals surface area contributed by atoms with Crippen LogP contribution in [0.3, 0.4) is 0 Å². The molecule has 2 aromatic carbocycles. The highest BCUT2D eigenvalue weighted by atomic mass is 32.1. The maximum Gasteiger partial charge on any atom is 0.349 e. The quantitative estimate of drug-likeness (QED) is 0.666. The molecule has 0 aliphatic carbocycles. The summed E-state index contributed by atoms with van der Waals surface area (Å²) in [7, 11) is 0. The lowest BCUT2D eigenvalue weighted by atomic mass is 10.0. The van der Waals surface area contributed by atoms with Gasteiger partial charge in [0.25, 0.3) is 0 Å². The van der Waals surface area contributed by atoms with E-state index >= 15 is 0 Å². The number of hydrogen-bond acceptors (Lipinski definition) is 5. The molecule has 0 saturated carbocycles. The number of thiophene rings is 1. The Hall–Kier alpha value is -2.40. The largest absolute Gasteiger partial charge is 0.462 e. The monoisotopic (exact) mass is 328 g/mol. The maximum atomic E-state index is 12.5. The first-order valence-corrected chi connectivity index (χ1v) is 8.27. The van der Waals surface area contributed by atoms with E-state index in [2.05, 4.69) is 0 Å². The summed E-state index contributed by atoms with van der Waals surface area (Å²) in [5.74, 6) is -0.973. The van der Waals surface area contributed by atoms with Crippen molar-refractivity contribution in [3.8, 4) is 0 Å². The highest BCUT2D eigenvalue weighted by Crippen LogP contribution is 2.37. The maximum absolute atomic E-state index is 12.5. The molecule has 4 nitrogen and oxygen atoms in total. The fraction of sp³-hybridized carbons (Fsp3) is 0.222. The smallest absolute Gasteiger partial charge is 0.349 e. The first-order valence-electron chi connectivity index (χ1n) is 7.45. The lowest BCUT2D eigenvalue weighted by molar-refractivity contribution is 0.0485. The topological polar surface area (TPSA) is 52.6 Å². The zero-order chi connectivity index (χ0) is 16.4. The van der Waals surface area contributed by atoms with E-state index in [1.807, 2.05) is 36.4 Å². The molecule has 0 aliphatic rings. The van der Waals surface area contributed by atoms with Crippen LogP contribution in [0, 0.1) is 0 Å². The summed E-state index contributed by atoms with van der Waals surface area (Å²) in [4.78, 5) is 25.0. The molecule has 0 aliphatic heterocycles. The van der Waals surface area contributed by atoms with Gasteiger partial charge in [0.15, 0.2) is 0 Å². The molecule has 0 bridgehead atoms. The van der Waals surface area contributed by atoms with Crippen LogP contribution in [0.4, 0.5) is 0 Å². The molecule has 3 aromatic rings. The van der Waals surface area contributed by atoms with Crippen molar-refractivity contribution in [1.82, 2.24) is 0 Å². The van der Waals surface area contributed by atoms with E-state index in [0.717, 1.165) is 20.9 Å². The average Bonchev–Trinajstić information content (AvgIpc) is 2.95. The third-order valence-electron chi connectivity index (χ3n) is 3.52. The van der Waals surface area contributed by atoms with Gasteiger partial charge in [-0.2, -0.15) is 0 Å². The molecule has 1 heterocycles. The molecule has 0 spiro atoms. The van der Waals surface area contributed by atoms with Crippen molar-refractivity contribution < 1.29 is 19.1 Å². The Labute approximate surface area is 137 Å². The van der Waals surface area contributed by atoms with Crippen LogP contribution in [0.2, 0.25) is 0 Å². The number of carbonyl (C=O) groups excluding carboxylic acids is 2. The van der Waals surface area contributed by atoms with Crippen molar-refractivity contribution in [2.24, 2.45) is 0 Å². The molecule has 0 saturated heterocycles. The number of benzene rings is 2. The summed E-state index contributed by atoms with van der Waals surface area (Å²) in [6.45, 7) is 4.00. The highest BCUT2D eigenvalue weighted by Gasteiger charge is 2.26. The van der Waals surface area contributed by atoms with Gasteiger partial charge in [0.2, 0.25) is 0 Å². The Balaban J connectivity index is 2.35. The predicted octanol–water partition coefficient (Wildman–Crippen LogP) is 4.41. The number of esters is 2. The van der Waals surface area contributed by atoms with Crippen LogP contribution in [-0.2, 0) is 9.47 Å². The van der Waals surface area contributed by atoms with Crippen LogP contribution in [-0.4, -0.2) is 25.2 Å². The second kappa shape index (κ2) is 6.38. The first kappa shape index (κ1) is 15.5. The summed E-state index contributed by atoms with van der Waals surface area (Å²) in [5.41, 5.74) is 0.308. The van der Waals surface area contributed by atoms with Gasteiger partial charge in [-0.15, -0.1) is 11.3 Å². The normalized spacial score (nSPS) is 10.9. The summed E-state index contributed by atoms with van der Waals surface area (Å²) >= 11 is 1.27. The summed E-state index contributed by atoms with van der Waals surface area (Å²) in [5, 5.41) is 2.70. The van der Waals surface area contributed by atoms with Gasteiger partial charge >= 0.3 is 11.9 Å². The van der Waals surface area contributed by atoms with Crippen LogP contribution in [0.15, 0.2) is 36.4 Å². The molecule has 0 amide bonds. The Morgan fingerprint density at radius 2 is 1.65 bits per heavy atom. The van der Waals surface area contributed by atoms with Crippen LogP contribution >= 0.6 is 11.3 Å². The Morgan fingerprint density at radius 3 is 2.39 bits per heavy atom. The molecule has 23 heavy (non-hydrogen) atoms. The lowest BCUT2D eigenvalue weighted by Gasteiger charge is -2.06. The molecule has 0 fully saturated rings. The number of hydrogen-bond donors (Lipinski definition) is 0. The van der Waals surface area contributed by atoms with Gasteiger partial charge in [0.1, 0.15) is 4.88 Å². The second-order valence-corrected chi connectivity index (χ2v) is 5.96. The third kappa shape index (κ3) is 2.68. The Bertz CT molecular complexity index is 895. The van der Waals surface area contributed by atoms with Crippen LogP contribution < -0.4 is 0 Å². The van der Waals surface area contributed by atoms with E-state index < -0.39 is 11.9 Å². The van der Waals surface area contributed by atoms with E-state index in [1.165, 1.54) is 11.3 Å². The van der Waals surface area contributed by atoms with E-state index in [9.17, 15) is 9.59 Å². The number of fused-ring (bicyclic) bond motifs is 3. The van der Waals surface area contributed by atoms with Crippen molar-refractivity contribution >= 4 is 44.1 Å². The van der Waals surface area contributed by atoms with E-state index in [4.69, 9.17) is 9.47 Å². The highest BCUT2D eigenvalue weighted by molar-refractivity contribution is 7.21. The molecule has 118 valence electrons. The van der Waals surface area contributed by atoms with Crippen LogP contribution in [0.25, 0.3) is 20.9 Å². The lowest BCUT2D eigenvalue weighted by Crippen LogP contribution is -2.11. The fourth-order valence-electron chi connectivity index (χ4n) is 2.61. The molecule has 3 rings (SSSR count).